The highest BCUT2D eigenvalue weighted by molar-refractivity contribution is 4.94. The molecule has 94 valence electrons. The zero-order chi connectivity index (χ0) is 11.5. The summed E-state index contributed by atoms with van der Waals surface area (Å²) in [5, 5.41) is 9.83. The van der Waals surface area contributed by atoms with Gasteiger partial charge in [-0.3, -0.25) is 0 Å². The Kier molecular flexibility index (Phi) is 4.19. The van der Waals surface area contributed by atoms with E-state index in [1.807, 2.05) is 6.92 Å². The molecule has 2 rings (SSSR count). The topological polar surface area (TPSA) is 58.7 Å². The minimum Gasteiger partial charge on any atom is -0.393 e. The molecule has 0 radical (unpaired) electrons. The number of nitrogens with two attached hydrogens (primary N) is 1. The summed E-state index contributed by atoms with van der Waals surface area (Å²) >= 11 is 0. The van der Waals surface area contributed by atoms with Gasteiger partial charge in [0.1, 0.15) is 0 Å². The Labute approximate surface area is 97.7 Å². The largest absolute Gasteiger partial charge is 0.393 e. The number of likely N-dealkylation sites (tertiary alicyclic amines) is 1. The van der Waals surface area contributed by atoms with E-state index in [1.54, 1.807) is 0 Å². The molecule has 0 aromatic heterocycles. The molecule has 0 aromatic carbocycles. The molecule has 3 N–H and O–H groups in total. The lowest BCUT2D eigenvalue weighted by molar-refractivity contribution is 0.0402. The van der Waals surface area contributed by atoms with Crippen molar-refractivity contribution in [2.24, 2.45) is 17.6 Å². The molecule has 4 atom stereocenters. The normalized spacial score (nSPS) is 36.6. The van der Waals surface area contributed by atoms with Crippen molar-refractivity contribution in [3.05, 3.63) is 0 Å². The van der Waals surface area contributed by atoms with Gasteiger partial charge in [0.25, 0.3) is 0 Å². The van der Waals surface area contributed by atoms with Crippen molar-refractivity contribution in [3.63, 3.8) is 0 Å². The van der Waals surface area contributed by atoms with Crippen LogP contribution in [0, 0.1) is 11.8 Å². The van der Waals surface area contributed by atoms with Crippen LogP contribution in [0.15, 0.2) is 0 Å². The van der Waals surface area contributed by atoms with E-state index in [0.717, 1.165) is 32.7 Å². The van der Waals surface area contributed by atoms with Crippen LogP contribution < -0.4 is 5.73 Å². The molecule has 1 heterocycles. The van der Waals surface area contributed by atoms with Gasteiger partial charge in [-0.25, -0.2) is 0 Å². The van der Waals surface area contributed by atoms with Crippen molar-refractivity contribution < 1.29 is 9.84 Å². The molecule has 0 aromatic rings. The fourth-order valence-corrected chi connectivity index (χ4v) is 3.20. The van der Waals surface area contributed by atoms with Crippen LogP contribution in [0.25, 0.3) is 0 Å². The second-order valence-electron chi connectivity index (χ2n) is 5.10. The first-order valence-electron chi connectivity index (χ1n) is 6.46. The maximum absolute atomic E-state index is 9.83. The van der Waals surface area contributed by atoms with Crippen LogP contribution >= 0.6 is 0 Å². The fourth-order valence-electron chi connectivity index (χ4n) is 3.20. The molecule has 1 saturated carbocycles. The summed E-state index contributed by atoms with van der Waals surface area (Å²) < 4.78 is 5.57. The summed E-state index contributed by atoms with van der Waals surface area (Å²) in [6.07, 6.45) is 2.26. The van der Waals surface area contributed by atoms with Crippen LogP contribution in [0.4, 0.5) is 0 Å². The molecule has 0 amide bonds. The lowest BCUT2D eigenvalue weighted by atomic mass is 10.00. The lowest BCUT2D eigenvalue weighted by Gasteiger charge is -2.23. The van der Waals surface area contributed by atoms with E-state index in [-0.39, 0.29) is 12.2 Å². The molecule has 4 heteroatoms. The van der Waals surface area contributed by atoms with Crippen molar-refractivity contribution in [3.8, 4) is 0 Å². The smallest absolute Gasteiger partial charge is 0.0823 e. The van der Waals surface area contributed by atoms with Crippen molar-refractivity contribution in [1.29, 1.82) is 0 Å². The molecule has 1 aliphatic carbocycles. The summed E-state index contributed by atoms with van der Waals surface area (Å²) in [6.45, 7) is 6.38. The molecular weight excluding hydrogens is 204 g/mol. The first-order valence-corrected chi connectivity index (χ1v) is 6.46. The third kappa shape index (κ3) is 2.56. The zero-order valence-electron chi connectivity index (χ0n) is 10.1. The average Bonchev–Trinajstić information content (AvgIpc) is 2.81. The predicted octanol–water partition coefficient (Wildman–Crippen LogP) is 0.0529. The Balaban J connectivity index is 1.80. The summed E-state index contributed by atoms with van der Waals surface area (Å²) in [4.78, 5) is 2.41. The number of ether oxygens (including phenoxy) is 1. The fraction of sp³-hybridized carbons (Fsp3) is 1.00. The predicted molar refractivity (Wildman–Crippen MR) is 63.1 cm³/mol. The van der Waals surface area contributed by atoms with Crippen molar-refractivity contribution in [2.75, 3.05) is 32.8 Å². The average molecular weight is 228 g/mol. The van der Waals surface area contributed by atoms with E-state index in [9.17, 15) is 5.11 Å². The van der Waals surface area contributed by atoms with Crippen molar-refractivity contribution in [2.45, 2.75) is 32.0 Å². The second-order valence-corrected chi connectivity index (χ2v) is 5.10. The van der Waals surface area contributed by atoms with E-state index >= 15 is 0 Å². The van der Waals surface area contributed by atoms with E-state index in [1.165, 1.54) is 6.42 Å². The first-order chi connectivity index (χ1) is 7.74. The second kappa shape index (κ2) is 5.45. The summed E-state index contributed by atoms with van der Waals surface area (Å²) in [5.74, 6) is 1.20. The van der Waals surface area contributed by atoms with E-state index < -0.39 is 0 Å². The molecule has 16 heavy (non-hydrogen) atoms. The number of aliphatic hydroxyl groups is 1. The van der Waals surface area contributed by atoms with Crippen molar-refractivity contribution >= 4 is 0 Å². The number of nitrogens with zero attached hydrogens (tertiary/aromatic N) is 1. The van der Waals surface area contributed by atoms with Crippen molar-refractivity contribution in [1.82, 2.24) is 4.90 Å². The molecular formula is C12H24N2O2. The Bertz CT molecular complexity index is 225. The van der Waals surface area contributed by atoms with Gasteiger partial charge in [0.15, 0.2) is 0 Å². The van der Waals surface area contributed by atoms with Crippen LogP contribution in [0.5, 0.6) is 0 Å². The Morgan fingerprint density at radius 3 is 2.88 bits per heavy atom. The third-order valence-electron chi connectivity index (χ3n) is 4.02. The maximum atomic E-state index is 9.83. The van der Waals surface area contributed by atoms with Gasteiger partial charge in [-0.1, -0.05) is 0 Å². The van der Waals surface area contributed by atoms with Crippen LogP contribution in [-0.4, -0.2) is 55.0 Å². The number of fused-ring (bicyclic) bond motifs is 1. The van der Waals surface area contributed by atoms with Gasteiger partial charge >= 0.3 is 0 Å². The summed E-state index contributed by atoms with van der Waals surface area (Å²) in [7, 11) is 0. The van der Waals surface area contributed by atoms with Crippen LogP contribution in [0.3, 0.4) is 0 Å². The Morgan fingerprint density at radius 1 is 1.44 bits per heavy atom. The number of hydrogen-bond donors (Lipinski definition) is 2. The van der Waals surface area contributed by atoms with Gasteiger partial charge in [-0.05, 0) is 25.7 Å². The molecule has 2 fully saturated rings. The molecule has 2 aliphatic rings. The molecule has 0 bridgehead atoms. The maximum Gasteiger partial charge on any atom is 0.0823 e. The summed E-state index contributed by atoms with van der Waals surface area (Å²) in [6, 6.07) is 0. The van der Waals surface area contributed by atoms with E-state index in [4.69, 9.17) is 10.5 Å². The SMILES string of the molecule is CCOC(CN)CN1CC2CCC(O)C2C1. The first kappa shape index (κ1) is 12.3. The number of aliphatic hydroxyl groups excluding tert-OH is 1. The van der Waals surface area contributed by atoms with Gasteiger partial charge < -0.3 is 20.5 Å². The molecule has 0 spiro atoms. The highest BCUT2D eigenvalue weighted by atomic mass is 16.5. The third-order valence-corrected chi connectivity index (χ3v) is 4.02. The molecule has 1 saturated heterocycles. The van der Waals surface area contributed by atoms with Gasteiger partial charge in [0.05, 0.1) is 12.2 Å². The molecule has 1 aliphatic heterocycles. The van der Waals surface area contributed by atoms with Gasteiger partial charge in [0.2, 0.25) is 0 Å². The van der Waals surface area contributed by atoms with Gasteiger partial charge in [-0.2, -0.15) is 0 Å². The minimum atomic E-state index is -0.0709. The molecule has 4 nitrogen and oxygen atoms in total. The van der Waals surface area contributed by atoms with E-state index in [2.05, 4.69) is 4.90 Å². The zero-order valence-corrected chi connectivity index (χ0v) is 10.1. The highest BCUT2D eigenvalue weighted by Gasteiger charge is 2.41. The molecule has 4 unspecified atom stereocenters. The Morgan fingerprint density at radius 2 is 2.25 bits per heavy atom. The minimum absolute atomic E-state index is 0.0709. The lowest BCUT2D eigenvalue weighted by Crippen LogP contribution is -2.38. The monoisotopic (exact) mass is 228 g/mol. The highest BCUT2D eigenvalue weighted by Crippen LogP contribution is 2.37. The van der Waals surface area contributed by atoms with Crippen LogP contribution in [0.1, 0.15) is 19.8 Å². The van der Waals surface area contributed by atoms with Crippen LogP contribution in [-0.2, 0) is 4.74 Å². The van der Waals surface area contributed by atoms with E-state index in [0.29, 0.717) is 18.4 Å². The standard InChI is InChI=1S/C12H24N2O2/c1-2-16-10(5-13)7-14-6-9-3-4-12(15)11(9)8-14/h9-12,15H,2-8,13H2,1H3. The number of rotatable bonds is 5. The quantitative estimate of drug-likeness (QED) is 0.698. The van der Waals surface area contributed by atoms with Gasteiger partial charge in [-0.15, -0.1) is 0 Å². The van der Waals surface area contributed by atoms with Gasteiger partial charge in [0, 0.05) is 38.7 Å². The summed E-state index contributed by atoms with van der Waals surface area (Å²) in [5.41, 5.74) is 5.68. The Hall–Kier alpha value is -0.160. The number of hydrogen-bond acceptors (Lipinski definition) is 4. The van der Waals surface area contributed by atoms with Crippen LogP contribution in [0.2, 0.25) is 0 Å².